The molecule has 0 bridgehead atoms. The molecule has 0 saturated carbocycles. The number of pyridine rings is 1. The SMILES string of the molecule is CN1CCn2ncc(-c3cnc4[nH]cc(-c5cnc6nccn6c5)c4c3)c2C1. The van der Waals surface area contributed by atoms with Gasteiger partial charge in [-0.1, -0.05) is 0 Å². The van der Waals surface area contributed by atoms with Crippen molar-refractivity contribution in [2.24, 2.45) is 0 Å². The van der Waals surface area contributed by atoms with E-state index in [1.54, 1.807) is 6.20 Å². The van der Waals surface area contributed by atoms with Crippen LogP contribution < -0.4 is 0 Å². The van der Waals surface area contributed by atoms with Crippen molar-refractivity contribution < 1.29 is 0 Å². The Hall–Kier alpha value is -3.52. The first-order chi connectivity index (χ1) is 13.8. The Morgan fingerprint density at radius 3 is 2.89 bits per heavy atom. The highest BCUT2D eigenvalue weighted by molar-refractivity contribution is 5.95. The Morgan fingerprint density at radius 2 is 1.93 bits per heavy atom. The Bertz CT molecular complexity index is 1320. The van der Waals surface area contributed by atoms with E-state index >= 15 is 0 Å². The number of imidazole rings is 1. The van der Waals surface area contributed by atoms with Crippen molar-refractivity contribution in [1.29, 1.82) is 0 Å². The number of hydrogen-bond donors (Lipinski definition) is 1. The van der Waals surface area contributed by atoms with Crippen LogP contribution in [0.2, 0.25) is 0 Å². The van der Waals surface area contributed by atoms with Crippen LogP contribution in [-0.2, 0) is 13.1 Å². The summed E-state index contributed by atoms with van der Waals surface area (Å²) in [7, 11) is 2.14. The first-order valence-corrected chi connectivity index (χ1v) is 9.26. The van der Waals surface area contributed by atoms with Crippen LogP contribution in [0.4, 0.5) is 0 Å². The van der Waals surface area contributed by atoms with Gasteiger partial charge in [-0.2, -0.15) is 5.10 Å². The summed E-state index contributed by atoms with van der Waals surface area (Å²) in [5.74, 6) is 0.693. The van der Waals surface area contributed by atoms with E-state index in [1.807, 2.05) is 41.6 Å². The third-order valence-electron chi connectivity index (χ3n) is 5.46. The first kappa shape index (κ1) is 15.5. The quantitative estimate of drug-likeness (QED) is 0.517. The number of nitrogens with zero attached hydrogens (tertiary/aromatic N) is 7. The summed E-state index contributed by atoms with van der Waals surface area (Å²) < 4.78 is 4.03. The standard InChI is InChI=1S/C20H18N8/c1-26-4-5-28-18(12-26)17(10-25-28)13-6-15-16(9-23-19(15)22-7-13)14-8-24-20-21-2-3-27(20)11-14/h2-3,6-11H,4-5,12H2,1H3,(H,22,23). The van der Waals surface area contributed by atoms with E-state index in [-0.39, 0.29) is 0 Å². The minimum Gasteiger partial charge on any atom is -0.346 e. The zero-order valence-corrected chi connectivity index (χ0v) is 15.4. The van der Waals surface area contributed by atoms with Crippen LogP contribution in [-0.4, -0.2) is 52.6 Å². The molecular weight excluding hydrogens is 352 g/mol. The van der Waals surface area contributed by atoms with Gasteiger partial charge >= 0.3 is 0 Å². The van der Waals surface area contributed by atoms with Crippen LogP contribution in [0.5, 0.6) is 0 Å². The highest BCUT2D eigenvalue weighted by Gasteiger charge is 2.20. The molecule has 5 aromatic rings. The summed E-state index contributed by atoms with van der Waals surface area (Å²) in [6.07, 6.45) is 13.4. The van der Waals surface area contributed by atoms with Crippen molar-refractivity contribution in [1.82, 2.24) is 39.0 Å². The van der Waals surface area contributed by atoms with Gasteiger partial charge in [-0.3, -0.25) is 14.0 Å². The third-order valence-corrected chi connectivity index (χ3v) is 5.46. The lowest BCUT2D eigenvalue weighted by atomic mass is 10.0. The molecule has 0 aromatic carbocycles. The van der Waals surface area contributed by atoms with Crippen LogP contribution in [0.1, 0.15) is 5.69 Å². The van der Waals surface area contributed by atoms with Crippen molar-refractivity contribution in [2.75, 3.05) is 13.6 Å². The van der Waals surface area contributed by atoms with Crippen LogP contribution >= 0.6 is 0 Å². The molecule has 0 spiro atoms. The summed E-state index contributed by atoms with van der Waals surface area (Å²) in [5, 5.41) is 5.65. The molecule has 0 fully saturated rings. The molecule has 0 atom stereocenters. The Balaban J connectivity index is 1.50. The molecule has 138 valence electrons. The van der Waals surface area contributed by atoms with E-state index < -0.39 is 0 Å². The predicted molar refractivity (Wildman–Crippen MR) is 106 cm³/mol. The second-order valence-corrected chi connectivity index (χ2v) is 7.27. The normalized spacial score (nSPS) is 14.8. The number of aromatic amines is 1. The van der Waals surface area contributed by atoms with E-state index in [9.17, 15) is 0 Å². The fraction of sp³-hybridized carbons (Fsp3) is 0.200. The molecule has 1 aliphatic rings. The number of likely N-dealkylation sites (N-methyl/N-ethyl adjacent to an activating group) is 1. The summed E-state index contributed by atoms with van der Waals surface area (Å²) in [6.45, 7) is 2.85. The number of rotatable bonds is 2. The zero-order valence-electron chi connectivity index (χ0n) is 15.4. The van der Waals surface area contributed by atoms with Crippen molar-refractivity contribution >= 4 is 16.8 Å². The van der Waals surface area contributed by atoms with Gasteiger partial charge < -0.3 is 4.98 Å². The molecule has 0 radical (unpaired) electrons. The Morgan fingerprint density at radius 1 is 1.00 bits per heavy atom. The largest absolute Gasteiger partial charge is 0.346 e. The third kappa shape index (κ3) is 2.28. The molecule has 0 aliphatic carbocycles. The van der Waals surface area contributed by atoms with Gasteiger partial charge in [0.1, 0.15) is 5.65 Å². The molecule has 8 nitrogen and oxygen atoms in total. The second kappa shape index (κ2) is 5.74. The Kier molecular flexibility index (Phi) is 3.18. The molecule has 28 heavy (non-hydrogen) atoms. The van der Waals surface area contributed by atoms with Crippen molar-refractivity contribution in [3.05, 3.63) is 55.1 Å². The topological polar surface area (TPSA) is 79.9 Å². The summed E-state index contributed by atoms with van der Waals surface area (Å²) in [4.78, 5) is 18.9. The van der Waals surface area contributed by atoms with Gasteiger partial charge in [-0.25, -0.2) is 15.0 Å². The van der Waals surface area contributed by atoms with Crippen molar-refractivity contribution in [3.63, 3.8) is 0 Å². The maximum absolute atomic E-state index is 4.66. The van der Waals surface area contributed by atoms with Gasteiger partial charge in [-0.15, -0.1) is 0 Å². The molecule has 0 saturated heterocycles. The molecule has 1 aliphatic heterocycles. The van der Waals surface area contributed by atoms with Crippen LogP contribution in [0, 0.1) is 0 Å². The molecule has 6 heterocycles. The van der Waals surface area contributed by atoms with Crippen LogP contribution in [0.15, 0.2) is 49.4 Å². The molecule has 8 heteroatoms. The average Bonchev–Trinajstić information content (AvgIpc) is 3.44. The predicted octanol–water partition coefficient (Wildman–Crippen LogP) is 2.58. The van der Waals surface area contributed by atoms with Gasteiger partial charge in [0.2, 0.25) is 5.78 Å². The van der Waals surface area contributed by atoms with E-state index in [2.05, 4.69) is 47.7 Å². The van der Waals surface area contributed by atoms with Gasteiger partial charge in [0.05, 0.1) is 18.4 Å². The molecular formula is C20H18N8. The zero-order chi connectivity index (χ0) is 18.7. The van der Waals surface area contributed by atoms with Gasteiger partial charge in [0, 0.05) is 77.9 Å². The lowest BCUT2D eigenvalue weighted by Gasteiger charge is -2.24. The van der Waals surface area contributed by atoms with E-state index in [1.165, 1.54) is 5.69 Å². The van der Waals surface area contributed by atoms with Crippen molar-refractivity contribution in [2.45, 2.75) is 13.1 Å². The highest BCUT2D eigenvalue weighted by atomic mass is 15.3. The molecule has 0 unspecified atom stereocenters. The second-order valence-electron chi connectivity index (χ2n) is 7.27. The highest BCUT2D eigenvalue weighted by Crippen LogP contribution is 2.32. The molecule has 1 N–H and O–H groups in total. The minimum atomic E-state index is 0.693. The monoisotopic (exact) mass is 370 g/mol. The Labute approximate surface area is 160 Å². The number of hydrogen-bond acceptors (Lipinski definition) is 5. The average molecular weight is 370 g/mol. The fourth-order valence-electron chi connectivity index (χ4n) is 3.96. The number of H-pyrrole nitrogens is 1. The molecule has 5 aromatic heterocycles. The number of fused-ring (bicyclic) bond motifs is 3. The maximum Gasteiger partial charge on any atom is 0.233 e. The van der Waals surface area contributed by atoms with E-state index in [4.69, 9.17) is 0 Å². The first-order valence-electron chi connectivity index (χ1n) is 9.26. The lowest BCUT2D eigenvalue weighted by molar-refractivity contribution is 0.259. The summed E-state index contributed by atoms with van der Waals surface area (Å²) in [6, 6.07) is 2.19. The molecule has 6 rings (SSSR count). The van der Waals surface area contributed by atoms with Gasteiger partial charge in [0.25, 0.3) is 0 Å². The van der Waals surface area contributed by atoms with Crippen molar-refractivity contribution in [3.8, 4) is 22.3 Å². The summed E-state index contributed by atoms with van der Waals surface area (Å²) >= 11 is 0. The van der Waals surface area contributed by atoms with Crippen LogP contribution in [0.3, 0.4) is 0 Å². The van der Waals surface area contributed by atoms with Gasteiger partial charge in [0.15, 0.2) is 0 Å². The maximum atomic E-state index is 4.66. The lowest BCUT2D eigenvalue weighted by Crippen LogP contribution is -2.30. The smallest absolute Gasteiger partial charge is 0.233 e. The minimum absolute atomic E-state index is 0.693. The van der Waals surface area contributed by atoms with E-state index in [0.717, 1.165) is 52.9 Å². The van der Waals surface area contributed by atoms with Crippen LogP contribution in [0.25, 0.3) is 39.1 Å². The summed E-state index contributed by atoms with van der Waals surface area (Å²) in [5.41, 5.74) is 6.44. The molecule has 0 amide bonds. The fourth-order valence-corrected chi connectivity index (χ4v) is 3.96. The van der Waals surface area contributed by atoms with E-state index in [0.29, 0.717) is 5.78 Å². The van der Waals surface area contributed by atoms with Gasteiger partial charge in [-0.05, 0) is 13.1 Å². The number of aromatic nitrogens is 7. The number of nitrogens with one attached hydrogen (secondary N) is 1.